The maximum atomic E-state index is 12.1. The Bertz CT molecular complexity index is 798. The largest absolute Gasteiger partial charge is 0.389 e. The summed E-state index contributed by atoms with van der Waals surface area (Å²) in [7, 11) is 0. The monoisotopic (exact) mass is 324 g/mol. The zero-order valence-electron chi connectivity index (χ0n) is 13.2. The summed E-state index contributed by atoms with van der Waals surface area (Å²) in [5, 5.41) is 13.6. The molecule has 0 aliphatic carbocycles. The van der Waals surface area contributed by atoms with Gasteiger partial charge in [-0.1, -0.05) is 30.3 Å². The molecule has 0 aliphatic heterocycles. The minimum Gasteiger partial charge on any atom is -0.389 e. The van der Waals surface area contributed by atoms with E-state index in [9.17, 15) is 9.90 Å². The molecule has 0 radical (unpaired) electrons. The van der Waals surface area contributed by atoms with Crippen LogP contribution >= 0.6 is 0 Å². The summed E-state index contributed by atoms with van der Waals surface area (Å²) in [6.45, 7) is 0.765. The number of aliphatic hydroxyl groups excluding tert-OH is 1. The van der Waals surface area contributed by atoms with Crippen LogP contribution in [0, 0.1) is 0 Å². The summed E-state index contributed by atoms with van der Waals surface area (Å²) < 4.78 is 5.46. The topological polar surface area (TPSA) is 74.3 Å². The van der Waals surface area contributed by atoms with Gasteiger partial charge in [0.15, 0.2) is 0 Å². The van der Waals surface area contributed by atoms with E-state index in [2.05, 4.69) is 10.3 Å². The van der Waals surface area contributed by atoms with Gasteiger partial charge in [-0.3, -0.25) is 4.79 Å². The number of rotatable bonds is 7. The molecular weight excluding hydrogens is 304 g/mol. The molecule has 1 unspecified atom stereocenters. The molecule has 24 heavy (non-hydrogen) atoms. The third-order valence-corrected chi connectivity index (χ3v) is 3.74. The Morgan fingerprint density at radius 2 is 2.00 bits per heavy atom. The van der Waals surface area contributed by atoms with Gasteiger partial charge in [-0.15, -0.1) is 0 Å². The summed E-state index contributed by atoms with van der Waals surface area (Å²) in [5.41, 5.74) is 2.61. The highest BCUT2D eigenvalue weighted by atomic mass is 16.5. The Balaban J connectivity index is 1.43. The number of fused-ring (bicyclic) bond motifs is 1. The number of aliphatic hydroxyl groups is 1. The van der Waals surface area contributed by atoms with E-state index >= 15 is 0 Å². The van der Waals surface area contributed by atoms with E-state index < -0.39 is 6.10 Å². The molecule has 1 aromatic heterocycles. The summed E-state index contributed by atoms with van der Waals surface area (Å²) >= 11 is 0. The van der Waals surface area contributed by atoms with Crippen LogP contribution in [0.2, 0.25) is 0 Å². The quantitative estimate of drug-likeness (QED) is 0.625. The summed E-state index contributed by atoms with van der Waals surface area (Å²) in [6, 6.07) is 17.1. The van der Waals surface area contributed by atoms with Crippen LogP contribution in [0.3, 0.4) is 0 Å². The van der Waals surface area contributed by atoms with Crippen molar-refractivity contribution in [3.05, 3.63) is 71.9 Å². The summed E-state index contributed by atoms with van der Waals surface area (Å²) in [4.78, 5) is 15.2. The normalized spacial score (nSPS) is 12.2. The van der Waals surface area contributed by atoms with Gasteiger partial charge < -0.3 is 20.1 Å². The molecule has 3 rings (SSSR count). The van der Waals surface area contributed by atoms with Crippen molar-refractivity contribution in [1.29, 1.82) is 0 Å². The van der Waals surface area contributed by atoms with E-state index in [1.54, 1.807) is 6.07 Å². The van der Waals surface area contributed by atoms with Crippen molar-refractivity contribution in [2.24, 2.45) is 0 Å². The fourth-order valence-corrected chi connectivity index (χ4v) is 2.45. The van der Waals surface area contributed by atoms with E-state index in [0.29, 0.717) is 12.2 Å². The lowest BCUT2D eigenvalue weighted by Gasteiger charge is -2.12. The van der Waals surface area contributed by atoms with Gasteiger partial charge in [0, 0.05) is 29.2 Å². The number of H-pyrrole nitrogens is 1. The van der Waals surface area contributed by atoms with Gasteiger partial charge in [-0.2, -0.15) is 0 Å². The molecular formula is C19H20N2O3. The van der Waals surface area contributed by atoms with Gasteiger partial charge in [0.1, 0.15) is 0 Å². The second-order valence-corrected chi connectivity index (χ2v) is 5.64. The maximum Gasteiger partial charge on any atom is 0.251 e. The predicted molar refractivity (Wildman–Crippen MR) is 92.7 cm³/mol. The van der Waals surface area contributed by atoms with Crippen molar-refractivity contribution in [2.75, 3.05) is 13.2 Å². The van der Waals surface area contributed by atoms with E-state index in [4.69, 9.17) is 4.74 Å². The SMILES string of the molecule is O=C(NCC(O)COCc1ccccc1)c1ccc2[nH]ccc2c1. The fraction of sp³-hybridized carbons (Fsp3) is 0.211. The lowest BCUT2D eigenvalue weighted by molar-refractivity contribution is 0.0285. The molecule has 0 saturated carbocycles. The van der Waals surface area contributed by atoms with Gasteiger partial charge in [0.2, 0.25) is 0 Å². The Morgan fingerprint density at radius 3 is 2.83 bits per heavy atom. The molecule has 0 spiro atoms. The van der Waals surface area contributed by atoms with E-state index in [-0.39, 0.29) is 19.1 Å². The molecule has 0 bridgehead atoms. The minimum atomic E-state index is -0.742. The van der Waals surface area contributed by atoms with E-state index in [0.717, 1.165) is 16.5 Å². The summed E-state index contributed by atoms with van der Waals surface area (Å²) in [5.74, 6) is -0.208. The van der Waals surface area contributed by atoms with Crippen molar-refractivity contribution in [3.8, 4) is 0 Å². The van der Waals surface area contributed by atoms with Crippen LogP contribution in [-0.2, 0) is 11.3 Å². The zero-order valence-corrected chi connectivity index (χ0v) is 13.2. The molecule has 1 heterocycles. The number of ether oxygens (including phenoxy) is 1. The standard InChI is InChI=1S/C19H20N2O3/c22-17(13-24-12-14-4-2-1-3-5-14)11-21-19(23)16-6-7-18-15(10-16)8-9-20-18/h1-10,17,20,22H,11-13H2,(H,21,23). The Kier molecular flexibility index (Phi) is 5.25. The van der Waals surface area contributed by atoms with Crippen LogP contribution in [0.4, 0.5) is 0 Å². The number of carbonyl (C=O) groups excluding carboxylic acids is 1. The first-order chi connectivity index (χ1) is 11.7. The zero-order chi connectivity index (χ0) is 16.8. The molecule has 1 atom stereocenters. The van der Waals surface area contributed by atoms with Crippen molar-refractivity contribution in [1.82, 2.24) is 10.3 Å². The molecule has 3 aromatic rings. The fourth-order valence-electron chi connectivity index (χ4n) is 2.45. The van der Waals surface area contributed by atoms with Crippen molar-refractivity contribution < 1.29 is 14.6 Å². The third-order valence-electron chi connectivity index (χ3n) is 3.74. The smallest absolute Gasteiger partial charge is 0.251 e. The van der Waals surface area contributed by atoms with Gasteiger partial charge in [-0.25, -0.2) is 0 Å². The molecule has 5 heteroatoms. The Morgan fingerprint density at radius 1 is 1.17 bits per heavy atom. The number of aromatic amines is 1. The van der Waals surface area contributed by atoms with Crippen molar-refractivity contribution >= 4 is 16.8 Å². The first-order valence-corrected chi connectivity index (χ1v) is 7.87. The summed E-state index contributed by atoms with van der Waals surface area (Å²) in [6.07, 6.45) is 1.09. The second-order valence-electron chi connectivity index (χ2n) is 5.64. The molecule has 3 N–H and O–H groups in total. The van der Waals surface area contributed by atoms with Crippen LogP contribution in [0.1, 0.15) is 15.9 Å². The van der Waals surface area contributed by atoms with E-state index in [1.807, 2.05) is 54.7 Å². The van der Waals surface area contributed by atoms with Gasteiger partial charge in [-0.05, 0) is 29.8 Å². The van der Waals surface area contributed by atoms with E-state index in [1.165, 1.54) is 0 Å². The van der Waals surface area contributed by atoms with Gasteiger partial charge in [0.05, 0.1) is 19.3 Å². The second kappa shape index (κ2) is 7.77. The molecule has 124 valence electrons. The van der Waals surface area contributed by atoms with Crippen LogP contribution < -0.4 is 5.32 Å². The number of hydrogen-bond donors (Lipinski definition) is 3. The molecule has 0 aliphatic rings. The molecule has 0 fully saturated rings. The number of benzene rings is 2. The highest BCUT2D eigenvalue weighted by Crippen LogP contribution is 2.14. The highest BCUT2D eigenvalue weighted by molar-refractivity contribution is 5.98. The molecule has 5 nitrogen and oxygen atoms in total. The van der Waals surface area contributed by atoms with Gasteiger partial charge >= 0.3 is 0 Å². The first-order valence-electron chi connectivity index (χ1n) is 7.87. The Hall–Kier alpha value is -2.63. The van der Waals surface area contributed by atoms with Gasteiger partial charge in [0.25, 0.3) is 5.91 Å². The van der Waals surface area contributed by atoms with Crippen molar-refractivity contribution in [3.63, 3.8) is 0 Å². The predicted octanol–water partition coefficient (Wildman–Crippen LogP) is 2.48. The van der Waals surface area contributed by atoms with Crippen molar-refractivity contribution in [2.45, 2.75) is 12.7 Å². The van der Waals surface area contributed by atoms with Crippen LogP contribution in [0.15, 0.2) is 60.8 Å². The minimum absolute atomic E-state index is 0.152. The number of nitrogens with one attached hydrogen (secondary N) is 2. The average Bonchev–Trinajstić information content (AvgIpc) is 3.08. The lowest BCUT2D eigenvalue weighted by atomic mass is 10.1. The molecule has 2 aromatic carbocycles. The average molecular weight is 324 g/mol. The number of hydrogen-bond acceptors (Lipinski definition) is 3. The highest BCUT2D eigenvalue weighted by Gasteiger charge is 2.10. The molecule has 1 amide bonds. The van der Waals surface area contributed by atoms with Crippen LogP contribution in [0.25, 0.3) is 10.9 Å². The van der Waals surface area contributed by atoms with Crippen LogP contribution in [-0.4, -0.2) is 35.3 Å². The number of amides is 1. The Labute approximate surface area is 140 Å². The maximum absolute atomic E-state index is 12.1. The third kappa shape index (κ3) is 4.22. The van der Waals surface area contributed by atoms with Crippen LogP contribution in [0.5, 0.6) is 0 Å². The lowest BCUT2D eigenvalue weighted by Crippen LogP contribution is -2.34. The number of carbonyl (C=O) groups is 1. The first kappa shape index (κ1) is 16.2. The molecule has 0 saturated heterocycles. The number of aromatic nitrogens is 1.